The average Bonchev–Trinajstić information content (AvgIpc) is 2.88. The van der Waals surface area contributed by atoms with Crippen molar-refractivity contribution in [3.05, 3.63) is 36.0 Å². The van der Waals surface area contributed by atoms with E-state index in [1.807, 2.05) is 0 Å². The van der Waals surface area contributed by atoms with Crippen molar-refractivity contribution in [2.24, 2.45) is 0 Å². The maximum atomic E-state index is 6.47. The third kappa shape index (κ3) is 4.26. The SMILES string of the molecule is CCCCC(Br)C(Cl)CCCc1c[nH]c2ccccc12. The van der Waals surface area contributed by atoms with Gasteiger partial charge in [-0.1, -0.05) is 53.9 Å². The van der Waals surface area contributed by atoms with Crippen LogP contribution < -0.4 is 0 Å². The molecule has 20 heavy (non-hydrogen) atoms. The van der Waals surface area contributed by atoms with E-state index in [0.29, 0.717) is 4.83 Å². The highest BCUT2D eigenvalue weighted by Crippen LogP contribution is 2.25. The van der Waals surface area contributed by atoms with Crippen LogP contribution in [0.2, 0.25) is 0 Å². The fraction of sp³-hybridized carbons (Fsp3) is 0.529. The molecule has 0 amide bonds. The molecule has 0 aliphatic heterocycles. The van der Waals surface area contributed by atoms with Crippen LogP contribution >= 0.6 is 27.5 Å². The van der Waals surface area contributed by atoms with Crippen molar-refractivity contribution in [2.75, 3.05) is 0 Å². The second-order valence-electron chi connectivity index (χ2n) is 5.43. The quantitative estimate of drug-likeness (QED) is 0.554. The first-order valence-corrected chi connectivity index (χ1v) is 8.90. The van der Waals surface area contributed by atoms with E-state index in [0.717, 1.165) is 19.3 Å². The van der Waals surface area contributed by atoms with Crippen LogP contribution in [0.3, 0.4) is 0 Å². The summed E-state index contributed by atoms with van der Waals surface area (Å²) in [7, 11) is 0. The molecule has 0 aliphatic carbocycles. The molecule has 2 atom stereocenters. The van der Waals surface area contributed by atoms with Crippen LogP contribution in [-0.2, 0) is 6.42 Å². The molecule has 0 aliphatic rings. The minimum atomic E-state index is 0.242. The van der Waals surface area contributed by atoms with Gasteiger partial charge in [0, 0.05) is 27.3 Å². The Balaban J connectivity index is 1.81. The molecule has 1 aromatic heterocycles. The molecule has 110 valence electrons. The summed E-state index contributed by atoms with van der Waals surface area (Å²) in [6.45, 7) is 2.22. The lowest BCUT2D eigenvalue weighted by atomic mass is 10.0. The lowest BCUT2D eigenvalue weighted by Gasteiger charge is -2.15. The van der Waals surface area contributed by atoms with Gasteiger partial charge in [-0.15, -0.1) is 11.6 Å². The number of aromatic amines is 1. The van der Waals surface area contributed by atoms with E-state index in [-0.39, 0.29) is 5.38 Å². The zero-order chi connectivity index (χ0) is 14.4. The Labute approximate surface area is 135 Å². The van der Waals surface area contributed by atoms with Crippen LogP contribution in [0.5, 0.6) is 0 Å². The molecule has 0 saturated carbocycles. The second kappa shape index (κ2) is 8.09. The largest absolute Gasteiger partial charge is 0.361 e. The summed E-state index contributed by atoms with van der Waals surface area (Å²) >= 11 is 10.2. The number of aryl methyl sites for hydroxylation is 1. The van der Waals surface area contributed by atoms with E-state index in [1.165, 1.54) is 35.7 Å². The Morgan fingerprint density at radius 1 is 1.20 bits per heavy atom. The van der Waals surface area contributed by atoms with E-state index in [1.54, 1.807) is 0 Å². The lowest BCUT2D eigenvalue weighted by molar-refractivity contribution is 0.615. The van der Waals surface area contributed by atoms with Crippen LogP contribution in [0.15, 0.2) is 30.5 Å². The van der Waals surface area contributed by atoms with Gasteiger partial charge in [0.25, 0.3) is 0 Å². The molecule has 0 fully saturated rings. The molecular formula is C17H23BrClN. The standard InChI is InChI=1S/C17H23BrClN/c1-2-3-9-15(18)16(19)10-6-7-13-12-20-17-11-5-4-8-14(13)17/h4-5,8,11-12,15-16,20H,2-3,6-7,9-10H2,1H3. The summed E-state index contributed by atoms with van der Waals surface area (Å²) in [6, 6.07) is 8.49. The van der Waals surface area contributed by atoms with Crippen LogP contribution in [-0.4, -0.2) is 15.2 Å². The Hall–Kier alpha value is -0.470. The Kier molecular flexibility index (Phi) is 6.44. The van der Waals surface area contributed by atoms with Crippen LogP contribution in [0.25, 0.3) is 10.9 Å². The molecular weight excluding hydrogens is 334 g/mol. The predicted octanol–water partition coefficient (Wildman–Crippen LogP) is 6.05. The molecule has 1 N–H and O–H groups in total. The minimum absolute atomic E-state index is 0.242. The van der Waals surface area contributed by atoms with Crippen molar-refractivity contribution < 1.29 is 0 Å². The Bertz CT molecular complexity index is 522. The number of benzene rings is 1. The van der Waals surface area contributed by atoms with E-state index >= 15 is 0 Å². The van der Waals surface area contributed by atoms with Crippen LogP contribution in [0.1, 0.15) is 44.6 Å². The van der Waals surface area contributed by atoms with E-state index in [2.05, 4.69) is 58.3 Å². The van der Waals surface area contributed by atoms with Crippen molar-refractivity contribution in [1.29, 1.82) is 0 Å². The number of alkyl halides is 2. The van der Waals surface area contributed by atoms with Gasteiger partial charge in [0.2, 0.25) is 0 Å². The van der Waals surface area contributed by atoms with Gasteiger partial charge in [0.15, 0.2) is 0 Å². The topological polar surface area (TPSA) is 15.8 Å². The summed E-state index contributed by atoms with van der Waals surface area (Å²) in [5.74, 6) is 0. The molecule has 0 saturated heterocycles. The number of fused-ring (bicyclic) bond motifs is 1. The van der Waals surface area contributed by atoms with Gasteiger partial charge in [-0.2, -0.15) is 0 Å². The van der Waals surface area contributed by atoms with Gasteiger partial charge in [-0.25, -0.2) is 0 Å². The fourth-order valence-corrected chi connectivity index (χ4v) is 3.46. The average molecular weight is 357 g/mol. The zero-order valence-corrected chi connectivity index (χ0v) is 14.4. The predicted molar refractivity (Wildman–Crippen MR) is 93.1 cm³/mol. The fourth-order valence-electron chi connectivity index (χ4n) is 2.59. The number of para-hydroxylation sites is 1. The summed E-state index contributed by atoms with van der Waals surface area (Å²) in [4.78, 5) is 3.79. The number of nitrogens with one attached hydrogen (secondary N) is 1. The molecule has 3 heteroatoms. The summed E-state index contributed by atoms with van der Waals surface area (Å²) < 4.78 is 0. The normalized spacial score (nSPS) is 14.6. The first kappa shape index (κ1) is 15.9. The second-order valence-corrected chi connectivity index (χ2v) is 7.16. The zero-order valence-electron chi connectivity index (χ0n) is 12.0. The summed E-state index contributed by atoms with van der Waals surface area (Å²) in [5.41, 5.74) is 2.63. The maximum absolute atomic E-state index is 6.47. The Morgan fingerprint density at radius 3 is 2.80 bits per heavy atom. The van der Waals surface area contributed by atoms with Crippen molar-refractivity contribution in [1.82, 2.24) is 4.98 Å². The molecule has 1 heterocycles. The lowest BCUT2D eigenvalue weighted by Crippen LogP contribution is -2.14. The number of H-pyrrole nitrogens is 1. The van der Waals surface area contributed by atoms with Crippen molar-refractivity contribution in [2.45, 2.75) is 55.7 Å². The minimum Gasteiger partial charge on any atom is -0.361 e. The highest BCUT2D eigenvalue weighted by Gasteiger charge is 2.15. The van der Waals surface area contributed by atoms with Gasteiger partial charge in [0.1, 0.15) is 0 Å². The van der Waals surface area contributed by atoms with Crippen molar-refractivity contribution in [3.8, 4) is 0 Å². The Morgan fingerprint density at radius 2 is 2.00 bits per heavy atom. The molecule has 2 aromatic rings. The molecule has 2 unspecified atom stereocenters. The van der Waals surface area contributed by atoms with Crippen LogP contribution in [0, 0.1) is 0 Å². The monoisotopic (exact) mass is 355 g/mol. The van der Waals surface area contributed by atoms with Gasteiger partial charge in [-0.05, 0) is 37.3 Å². The third-order valence-electron chi connectivity index (χ3n) is 3.83. The van der Waals surface area contributed by atoms with E-state index in [4.69, 9.17) is 11.6 Å². The molecule has 0 bridgehead atoms. The van der Waals surface area contributed by atoms with Crippen LogP contribution in [0.4, 0.5) is 0 Å². The number of hydrogen-bond acceptors (Lipinski definition) is 0. The third-order valence-corrected chi connectivity index (χ3v) is 5.75. The number of rotatable bonds is 8. The number of halogens is 2. The maximum Gasteiger partial charge on any atom is 0.0461 e. The first-order chi connectivity index (χ1) is 9.72. The highest BCUT2D eigenvalue weighted by molar-refractivity contribution is 9.09. The molecule has 0 spiro atoms. The van der Waals surface area contributed by atoms with E-state index in [9.17, 15) is 0 Å². The number of hydrogen-bond donors (Lipinski definition) is 1. The highest BCUT2D eigenvalue weighted by atomic mass is 79.9. The number of aromatic nitrogens is 1. The van der Waals surface area contributed by atoms with Gasteiger partial charge in [0.05, 0.1) is 0 Å². The first-order valence-electron chi connectivity index (χ1n) is 7.55. The molecule has 0 radical (unpaired) electrons. The van der Waals surface area contributed by atoms with Crippen molar-refractivity contribution >= 4 is 38.4 Å². The van der Waals surface area contributed by atoms with Crippen molar-refractivity contribution in [3.63, 3.8) is 0 Å². The van der Waals surface area contributed by atoms with Gasteiger partial charge < -0.3 is 4.98 Å². The smallest absolute Gasteiger partial charge is 0.0461 e. The summed E-state index contributed by atoms with van der Waals surface area (Å²) in [6.07, 6.45) is 9.11. The molecule has 1 nitrogen and oxygen atoms in total. The van der Waals surface area contributed by atoms with Gasteiger partial charge in [-0.3, -0.25) is 0 Å². The van der Waals surface area contributed by atoms with Gasteiger partial charge >= 0.3 is 0 Å². The molecule has 2 rings (SSSR count). The summed E-state index contributed by atoms with van der Waals surface area (Å²) in [5, 5.41) is 1.59. The molecule has 1 aromatic carbocycles. The number of unbranched alkanes of at least 4 members (excludes halogenated alkanes) is 1. The van der Waals surface area contributed by atoms with E-state index < -0.39 is 0 Å².